The highest BCUT2D eigenvalue weighted by atomic mass is 79.9. The van der Waals surface area contributed by atoms with E-state index in [0.29, 0.717) is 18.9 Å². The molecule has 22 heavy (non-hydrogen) atoms. The molecule has 7 heteroatoms. The molecule has 0 amide bonds. The number of nitrogens with zero attached hydrogens (tertiary/aromatic N) is 1. The predicted molar refractivity (Wildman–Crippen MR) is 96.0 cm³/mol. The van der Waals surface area contributed by atoms with Crippen LogP contribution in [0.5, 0.6) is 0 Å². The quantitative estimate of drug-likeness (QED) is 0.578. The van der Waals surface area contributed by atoms with Gasteiger partial charge in [0.25, 0.3) is 0 Å². The van der Waals surface area contributed by atoms with Crippen molar-refractivity contribution in [1.29, 1.82) is 0 Å². The molecule has 0 heterocycles. The van der Waals surface area contributed by atoms with E-state index >= 15 is 0 Å². The average Bonchev–Trinajstić information content (AvgIpc) is 2.42. The molecule has 0 saturated heterocycles. The molecular formula is C15H24BrN3O2S. The largest absolute Gasteiger partial charge is 0.354 e. The van der Waals surface area contributed by atoms with Gasteiger partial charge in [-0.2, -0.15) is 0 Å². The van der Waals surface area contributed by atoms with Gasteiger partial charge in [0, 0.05) is 30.4 Å². The topological polar surface area (TPSA) is 70.6 Å². The molecule has 1 aromatic rings. The van der Waals surface area contributed by atoms with E-state index in [1.807, 2.05) is 13.0 Å². The minimum absolute atomic E-state index is 0.0342. The summed E-state index contributed by atoms with van der Waals surface area (Å²) in [6.07, 6.45) is 1.81. The van der Waals surface area contributed by atoms with Crippen molar-refractivity contribution in [2.24, 2.45) is 4.99 Å². The van der Waals surface area contributed by atoms with Crippen LogP contribution in [-0.2, 0) is 16.4 Å². The number of aryl methyl sites for hydroxylation is 1. The molecular weight excluding hydrogens is 366 g/mol. The van der Waals surface area contributed by atoms with Crippen molar-refractivity contribution in [3.05, 3.63) is 33.8 Å². The van der Waals surface area contributed by atoms with E-state index in [1.54, 1.807) is 7.05 Å². The molecule has 2 N–H and O–H groups in total. The minimum Gasteiger partial charge on any atom is -0.354 e. The second kappa shape index (κ2) is 8.53. The Balaban J connectivity index is 2.52. The molecule has 1 atom stereocenters. The molecule has 0 fully saturated rings. The first-order chi connectivity index (χ1) is 10.2. The summed E-state index contributed by atoms with van der Waals surface area (Å²) in [6.45, 7) is 4.67. The normalized spacial score (nSPS) is 13.8. The van der Waals surface area contributed by atoms with Crippen molar-refractivity contribution >= 4 is 31.7 Å². The molecule has 5 nitrogen and oxygen atoms in total. The number of nitrogens with one attached hydrogen (secondary N) is 2. The molecule has 0 spiro atoms. The van der Waals surface area contributed by atoms with E-state index in [0.717, 1.165) is 4.47 Å². The third kappa shape index (κ3) is 7.26. The number of rotatable bonds is 6. The van der Waals surface area contributed by atoms with Gasteiger partial charge in [0.1, 0.15) is 9.84 Å². The van der Waals surface area contributed by atoms with Gasteiger partial charge in [0.2, 0.25) is 0 Å². The molecule has 0 radical (unpaired) electrons. The van der Waals surface area contributed by atoms with Crippen LogP contribution in [0.25, 0.3) is 0 Å². The van der Waals surface area contributed by atoms with Crippen LogP contribution in [0.3, 0.4) is 0 Å². The van der Waals surface area contributed by atoms with Crippen LogP contribution in [0.1, 0.15) is 24.5 Å². The zero-order chi connectivity index (χ0) is 16.8. The third-order valence-corrected chi connectivity index (χ3v) is 4.75. The maximum absolute atomic E-state index is 11.2. The number of guanidine groups is 1. The Hall–Kier alpha value is -1.08. The summed E-state index contributed by atoms with van der Waals surface area (Å²) >= 11 is 3.45. The van der Waals surface area contributed by atoms with Crippen molar-refractivity contribution in [1.82, 2.24) is 10.6 Å². The van der Waals surface area contributed by atoms with Gasteiger partial charge in [-0.05, 0) is 43.5 Å². The first-order valence-corrected chi connectivity index (χ1v) is 9.96. The molecule has 0 bridgehead atoms. The molecule has 1 rings (SSSR count). The van der Waals surface area contributed by atoms with E-state index in [4.69, 9.17) is 0 Å². The van der Waals surface area contributed by atoms with Crippen LogP contribution in [0.2, 0.25) is 0 Å². The predicted octanol–water partition coefficient (Wildman–Crippen LogP) is 2.25. The van der Waals surface area contributed by atoms with Crippen LogP contribution in [-0.4, -0.2) is 39.5 Å². The Bertz CT molecular complexity index is 630. The van der Waals surface area contributed by atoms with Crippen LogP contribution in [0, 0.1) is 6.92 Å². The van der Waals surface area contributed by atoms with Crippen molar-refractivity contribution in [3.63, 3.8) is 0 Å². The molecule has 1 unspecified atom stereocenters. The first kappa shape index (κ1) is 19.0. The summed E-state index contributed by atoms with van der Waals surface area (Å²) in [7, 11) is -1.23. The maximum Gasteiger partial charge on any atom is 0.191 e. The lowest BCUT2D eigenvalue weighted by Gasteiger charge is -2.18. The third-order valence-electron chi connectivity index (χ3n) is 3.28. The van der Waals surface area contributed by atoms with E-state index < -0.39 is 9.84 Å². The van der Waals surface area contributed by atoms with Crippen molar-refractivity contribution in [2.45, 2.75) is 32.9 Å². The van der Waals surface area contributed by atoms with E-state index in [9.17, 15) is 8.42 Å². The van der Waals surface area contributed by atoms with Gasteiger partial charge in [-0.1, -0.05) is 22.0 Å². The van der Waals surface area contributed by atoms with E-state index in [2.05, 4.69) is 50.6 Å². The number of aliphatic imine (C=N–C) groups is 1. The fraction of sp³-hybridized carbons (Fsp3) is 0.533. The standard InChI is InChI=1S/C15H24BrN3O2S/c1-11-9-14(16)6-5-13(11)10-18-15(17-3)19-12(2)7-8-22(4,20)21/h5-6,9,12H,7-8,10H2,1-4H3,(H2,17,18,19). The monoisotopic (exact) mass is 389 g/mol. The lowest BCUT2D eigenvalue weighted by atomic mass is 10.1. The Labute approximate surface area is 141 Å². The van der Waals surface area contributed by atoms with E-state index in [-0.39, 0.29) is 11.8 Å². The van der Waals surface area contributed by atoms with Crippen LogP contribution >= 0.6 is 15.9 Å². The van der Waals surface area contributed by atoms with Crippen LogP contribution < -0.4 is 10.6 Å². The Morgan fingerprint density at radius 2 is 2.09 bits per heavy atom. The zero-order valence-electron chi connectivity index (χ0n) is 13.5. The molecule has 0 aromatic heterocycles. The number of hydrogen-bond donors (Lipinski definition) is 2. The second-order valence-electron chi connectivity index (χ2n) is 5.46. The highest BCUT2D eigenvalue weighted by Crippen LogP contribution is 2.15. The maximum atomic E-state index is 11.2. The molecule has 124 valence electrons. The summed E-state index contributed by atoms with van der Waals surface area (Å²) in [5.74, 6) is 0.840. The fourth-order valence-corrected chi connectivity index (χ4v) is 3.18. The van der Waals surface area contributed by atoms with Gasteiger partial charge >= 0.3 is 0 Å². The van der Waals surface area contributed by atoms with Crippen molar-refractivity contribution in [2.75, 3.05) is 19.1 Å². The summed E-state index contributed by atoms with van der Waals surface area (Å²) in [6, 6.07) is 6.18. The highest BCUT2D eigenvalue weighted by molar-refractivity contribution is 9.10. The highest BCUT2D eigenvalue weighted by Gasteiger charge is 2.09. The lowest BCUT2D eigenvalue weighted by molar-refractivity contribution is 0.581. The molecule has 0 aliphatic carbocycles. The Morgan fingerprint density at radius 3 is 2.64 bits per heavy atom. The smallest absolute Gasteiger partial charge is 0.191 e. The summed E-state index contributed by atoms with van der Waals surface area (Å²) in [4.78, 5) is 4.17. The fourth-order valence-electron chi connectivity index (χ4n) is 1.93. The Kier molecular flexibility index (Phi) is 7.35. The second-order valence-corrected chi connectivity index (χ2v) is 8.64. The van der Waals surface area contributed by atoms with Gasteiger partial charge < -0.3 is 10.6 Å². The number of benzene rings is 1. The van der Waals surface area contributed by atoms with Crippen LogP contribution in [0.15, 0.2) is 27.7 Å². The van der Waals surface area contributed by atoms with Crippen molar-refractivity contribution in [3.8, 4) is 0 Å². The average molecular weight is 390 g/mol. The number of sulfone groups is 1. The first-order valence-electron chi connectivity index (χ1n) is 7.11. The summed E-state index contributed by atoms with van der Waals surface area (Å²) in [5.41, 5.74) is 2.39. The molecule has 0 aliphatic rings. The van der Waals surface area contributed by atoms with Gasteiger partial charge in [-0.15, -0.1) is 0 Å². The SMILES string of the molecule is CN=C(NCc1ccc(Br)cc1C)NC(C)CCS(C)(=O)=O. The van der Waals surface area contributed by atoms with Gasteiger partial charge in [0.05, 0.1) is 5.75 Å². The molecule has 0 saturated carbocycles. The zero-order valence-corrected chi connectivity index (χ0v) is 15.9. The van der Waals surface area contributed by atoms with E-state index in [1.165, 1.54) is 17.4 Å². The van der Waals surface area contributed by atoms with Crippen LogP contribution in [0.4, 0.5) is 0 Å². The molecule has 0 aliphatic heterocycles. The van der Waals surface area contributed by atoms with Gasteiger partial charge in [0.15, 0.2) is 5.96 Å². The lowest BCUT2D eigenvalue weighted by Crippen LogP contribution is -2.42. The molecule has 1 aromatic carbocycles. The summed E-state index contributed by atoms with van der Waals surface area (Å²) < 4.78 is 23.4. The van der Waals surface area contributed by atoms with Crippen molar-refractivity contribution < 1.29 is 8.42 Å². The number of halogens is 1. The minimum atomic E-state index is -2.93. The van der Waals surface area contributed by atoms with Gasteiger partial charge in [-0.3, -0.25) is 4.99 Å². The number of hydrogen-bond acceptors (Lipinski definition) is 3. The Morgan fingerprint density at radius 1 is 1.41 bits per heavy atom. The summed E-state index contributed by atoms with van der Waals surface area (Å²) in [5, 5.41) is 6.45. The van der Waals surface area contributed by atoms with Gasteiger partial charge in [-0.25, -0.2) is 8.42 Å².